The first kappa shape index (κ1) is 13.7. The molecule has 1 aromatic carbocycles. The fourth-order valence-electron chi connectivity index (χ4n) is 2.45. The van der Waals surface area contributed by atoms with Crippen LogP contribution < -0.4 is 9.47 Å². The molecule has 1 aromatic heterocycles. The van der Waals surface area contributed by atoms with Crippen LogP contribution in [0.1, 0.15) is 11.3 Å². The molecule has 2 heterocycles. The molecule has 2 aromatic rings. The normalized spacial score (nSPS) is 14.2. The van der Waals surface area contributed by atoms with Gasteiger partial charge in [-0.1, -0.05) is 23.2 Å². The average molecular weight is 314 g/mol. The SMILES string of the molecule is COc1cc(Cl)c(OC)c2c(Cl)c3c(nc12)CCOC3. The third-order valence-electron chi connectivity index (χ3n) is 3.41. The number of halogens is 2. The summed E-state index contributed by atoms with van der Waals surface area (Å²) in [5, 5.41) is 1.68. The Labute approximate surface area is 126 Å². The predicted octanol–water partition coefficient (Wildman–Crippen LogP) is 3.63. The first-order valence-electron chi connectivity index (χ1n) is 6.16. The molecule has 0 N–H and O–H groups in total. The summed E-state index contributed by atoms with van der Waals surface area (Å²) >= 11 is 12.7. The van der Waals surface area contributed by atoms with Gasteiger partial charge in [-0.3, -0.25) is 0 Å². The average Bonchev–Trinajstić information content (AvgIpc) is 2.47. The molecule has 0 saturated heterocycles. The number of ether oxygens (including phenoxy) is 3. The summed E-state index contributed by atoms with van der Waals surface area (Å²) in [5.74, 6) is 1.09. The minimum atomic E-state index is 0.442. The highest BCUT2D eigenvalue weighted by Gasteiger charge is 2.23. The topological polar surface area (TPSA) is 40.6 Å². The van der Waals surface area contributed by atoms with Crippen LogP contribution in [0.25, 0.3) is 10.9 Å². The third-order valence-corrected chi connectivity index (χ3v) is 4.10. The number of methoxy groups -OCH3 is 2. The first-order chi connectivity index (χ1) is 9.67. The lowest BCUT2D eigenvalue weighted by Crippen LogP contribution is -2.13. The number of rotatable bonds is 2. The van der Waals surface area contributed by atoms with E-state index in [1.54, 1.807) is 20.3 Å². The van der Waals surface area contributed by atoms with Crippen LogP contribution in [0.4, 0.5) is 0 Å². The summed E-state index contributed by atoms with van der Waals surface area (Å²) in [4.78, 5) is 4.67. The van der Waals surface area contributed by atoms with Gasteiger partial charge in [-0.15, -0.1) is 0 Å². The zero-order chi connectivity index (χ0) is 14.3. The third kappa shape index (κ3) is 1.99. The number of fused-ring (bicyclic) bond motifs is 2. The second-order valence-electron chi connectivity index (χ2n) is 4.47. The molecule has 1 aliphatic heterocycles. The van der Waals surface area contributed by atoms with Crippen molar-refractivity contribution in [1.29, 1.82) is 0 Å². The van der Waals surface area contributed by atoms with Gasteiger partial charge < -0.3 is 14.2 Å². The van der Waals surface area contributed by atoms with Gasteiger partial charge in [0, 0.05) is 18.1 Å². The van der Waals surface area contributed by atoms with E-state index >= 15 is 0 Å². The standard InChI is InChI=1S/C14H13Cl2NO3/c1-18-10-5-8(15)14(19-2)11-12(16)7-6-20-4-3-9(7)17-13(10)11/h5H,3-4,6H2,1-2H3. The van der Waals surface area contributed by atoms with Gasteiger partial charge in [0.05, 0.1) is 48.6 Å². The van der Waals surface area contributed by atoms with Crippen molar-refractivity contribution in [2.45, 2.75) is 13.0 Å². The number of nitrogens with zero attached hydrogens (tertiary/aromatic N) is 1. The molecule has 6 heteroatoms. The molecule has 0 saturated carbocycles. The summed E-state index contributed by atoms with van der Waals surface area (Å²) in [5.41, 5.74) is 2.50. The van der Waals surface area contributed by atoms with Crippen LogP contribution in [-0.4, -0.2) is 25.8 Å². The Bertz CT molecular complexity index is 688. The van der Waals surface area contributed by atoms with Crippen molar-refractivity contribution in [3.63, 3.8) is 0 Å². The number of hydrogen-bond acceptors (Lipinski definition) is 4. The second kappa shape index (κ2) is 5.28. The van der Waals surface area contributed by atoms with E-state index in [2.05, 4.69) is 4.98 Å². The minimum Gasteiger partial charge on any atom is -0.494 e. The molecule has 0 aliphatic carbocycles. The Kier molecular flexibility index (Phi) is 3.63. The van der Waals surface area contributed by atoms with Crippen molar-refractivity contribution in [1.82, 2.24) is 4.98 Å². The maximum absolute atomic E-state index is 6.53. The fraction of sp³-hybridized carbons (Fsp3) is 0.357. The summed E-state index contributed by atoms with van der Waals surface area (Å²) in [6.45, 7) is 1.10. The van der Waals surface area contributed by atoms with Crippen LogP contribution >= 0.6 is 23.2 Å². The summed E-state index contributed by atoms with van der Waals surface area (Å²) in [7, 11) is 3.13. The Balaban J connectivity index is 2.44. The number of aromatic nitrogens is 1. The first-order valence-corrected chi connectivity index (χ1v) is 6.92. The molecular formula is C14H13Cl2NO3. The molecule has 4 nitrogen and oxygen atoms in total. The highest BCUT2D eigenvalue weighted by atomic mass is 35.5. The summed E-state index contributed by atoms with van der Waals surface area (Å²) in [6.07, 6.45) is 0.735. The van der Waals surface area contributed by atoms with E-state index in [0.717, 1.165) is 17.7 Å². The van der Waals surface area contributed by atoms with Gasteiger partial charge in [0.15, 0.2) is 0 Å². The van der Waals surface area contributed by atoms with Gasteiger partial charge in [-0.05, 0) is 0 Å². The van der Waals surface area contributed by atoms with E-state index in [0.29, 0.717) is 45.7 Å². The lowest BCUT2D eigenvalue weighted by molar-refractivity contribution is 0.109. The molecular weight excluding hydrogens is 301 g/mol. The predicted molar refractivity (Wildman–Crippen MR) is 78.2 cm³/mol. The van der Waals surface area contributed by atoms with Crippen molar-refractivity contribution in [2.24, 2.45) is 0 Å². The molecule has 106 valence electrons. The van der Waals surface area contributed by atoms with Crippen molar-refractivity contribution in [3.05, 3.63) is 27.4 Å². The Morgan fingerprint density at radius 1 is 1.25 bits per heavy atom. The van der Waals surface area contributed by atoms with Gasteiger partial charge >= 0.3 is 0 Å². The molecule has 1 aliphatic rings. The van der Waals surface area contributed by atoms with E-state index in [4.69, 9.17) is 37.4 Å². The van der Waals surface area contributed by atoms with Crippen LogP contribution in [0.5, 0.6) is 11.5 Å². The minimum absolute atomic E-state index is 0.442. The van der Waals surface area contributed by atoms with Gasteiger partial charge in [-0.25, -0.2) is 4.98 Å². The number of pyridine rings is 1. The van der Waals surface area contributed by atoms with E-state index in [1.807, 2.05) is 0 Å². The molecule has 20 heavy (non-hydrogen) atoms. The van der Waals surface area contributed by atoms with Crippen molar-refractivity contribution in [3.8, 4) is 11.5 Å². The Hall–Kier alpha value is -1.23. The fourth-order valence-corrected chi connectivity index (χ4v) is 3.06. The lowest BCUT2D eigenvalue weighted by Gasteiger charge is -2.20. The Morgan fingerprint density at radius 3 is 2.75 bits per heavy atom. The molecule has 0 amide bonds. The molecule has 0 atom stereocenters. The van der Waals surface area contributed by atoms with Gasteiger partial charge in [0.1, 0.15) is 17.0 Å². The molecule has 0 bridgehead atoms. The van der Waals surface area contributed by atoms with Crippen LogP contribution in [0.3, 0.4) is 0 Å². The number of benzene rings is 1. The summed E-state index contributed by atoms with van der Waals surface area (Å²) < 4.78 is 16.2. The highest BCUT2D eigenvalue weighted by molar-refractivity contribution is 6.39. The zero-order valence-electron chi connectivity index (χ0n) is 11.1. The highest BCUT2D eigenvalue weighted by Crippen LogP contribution is 2.44. The van der Waals surface area contributed by atoms with E-state index < -0.39 is 0 Å². The van der Waals surface area contributed by atoms with Crippen molar-refractivity contribution in [2.75, 3.05) is 20.8 Å². The van der Waals surface area contributed by atoms with Crippen molar-refractivity contribution >= 4 is 34.1 Å². The van der Waals surface area contributed by atoms with Gasteiger partial charge in [0.25, 0.3) is 0 Å². The van der Waals surface area contributed by atoms with Gasteiger partial charge in [0.2, 0.25) is 0 Å². The van der Waals surface area contributed by atoms with Crippen LogP contribution in [-0.2, 0) is 17.8 Å². The van der Waals surface area contributed by atoms with Crippen LogP contribution in [0.15, 0.2) is 6.07 Å². The largest absolute Gasteiger partial charge is 0.494 e. The Morgan fingerprint density at radius 2 is 2.05 bits per heavy atom. The van der Waals surface area contributed by atoms with E-state index in [9.17, 15) is 0 Å². The summed E-state index contributed by atoms with van der Waals surface area (Å²) in [6, 6.07) is 1.69. The maximum atomic E-state index is 6.53. The van der Waals surface area contributed by atoms with Crippen LogP contribution in [0, 0.1) is 0 Å². The molecule has 0 radical (unpaired) electrons. The van der Waals surface area contributed by atoms with Gasteiger partial charge in [-0.2, -0.15) is 0 Å². The number of hydrogen-bond donors (Lipinski definition) is 0. The second-order valence-corrected chi connectivity index (χ2v) is 5.26. The monoisotopic (exact) mass is 313 g/mol. The van der Waals surface area contributed by atoms with Crippen molar-refractivity contribution < 1.29 is 14.2 Å². The molecule has 0 fully saturated rings. The lowest BCUT2D eigenvalue weighted by atomic mass is 10.0. The van der Waals surface area contributed by atoms with Crippen LogP contribution in [0.2, 0.25) is 10.0 Å². The molecule has 3 rings (SSSR count). The molecule has 0 spiro atoms. The quantitative estimate of drug-likeness (QED) is 0.849. The smallest absolute Gasteiger partial charge is 0.148 e. The molecule has 0 unspecified atom stereocenters. The van der Waals surface area contributed by atoms with E-state index in [1.165, 1.54) is 0 Å². The van der Waals surface area contributed by atoms with E-state index in [-0.39, 0.29) is 0 Å². The zero-order valence-corrected chi connectivity index (χ0v) is 12.6. The maximum Gasteiger partial charge on any atom is 0.148 e.